The monoisotopic (exact) mass is 234 g/mol. The first kappa shape index (κ1) is 13.4. The number of hydrogen-bond acceptors (Lipinski definition) is 3. The lowest BCUT2D eigenvalue weighted by molar-refractivity contribution is -0.147. The first-order chi connectivity index (χ1) is 7.95. The molecule has 0 aromatic rings. The van der Waals surface area contributed by atoms with Gasteiger partial charge >= 0.3 is 5.97 Å². The zero-order valence-electron chi connectivity index (χ0n) is 10.4. The molecule has 0 aliphatic heterocycles. The molecule has 92 valence electrons. The van der Waals surface area contributed by atoms with E-state index in [0.717, 1.165) is 6.42 Å². The molecule has 0 heterocycles. The van der Waals surface area contributed by atoms with Crippen molar-refractivity contribution in [2.24, 2.45) is 5.41 Å². The maximum atomic E-state index is 11.9. The third-order valence-electron chi connectivity index (χ3n) is 2.57. The SMILES string of the molecule is C=C/C=C/C(C)(C)C(=O)OC1=CC(=O)CCC1. The summed E-state index contributed by atoms with van der Waals surface area (Å²) in [4.78, 5) is 23.1. The number of hydrogen-bond donors (Lipinski definition) is 0. The number of carbonyl (C=O) groups is 2. The second kappa shape index (κ2) is 5.62. The van der Waals surface area contributed by atoms with Crippen molar-refractivity contribution in [1.82, 2.24) is 0 Å². The highest BCUT2D eigenvalue weighted by molar-refractivity contribution is 5.91. The van der Waals surface area contributed by atoms with Crippen molar-refractivity contribution in [3.8, 4) is 0 Å². The quantitative estimate of drug-likeness (QED) is 0.555. The highest BCUT2D eigenvalue weighted by Gasteiger charge is 2.27. The first-order valence-electron chi connectivity index (χ1n) is 5.71. The Hall–Kier alpha value is -1.64. The van der Waals surface area contributed by atoms with Crippen molar-refractivity contribution in [3.63, 3.8) is 0 Å². The average molecular weight is 234 g/mol. The molecule has 1 rings (SSSR count). The summed E-state index contributed by atoms with van der Waals surface area (Å²) in [5.41, 5.74) is -0.713. The minimum absolute atomic E-state index is 0.0264. The van der Waals surface area contributed by atoms with Crippen LogP contribution in [0.2, 0.25) is 0 Å². The largest absolute Gasteiger partial charge is 0.430 e. The van der Waals surface area contributed by atoms with Crippen molar-refractivity contribution in [2.45, 2.75) is 33.1 Å². The molecule has 0 N–H and O–H groups in total. The van der Waals surface area contributed by atoms with Crippen LogP contribution in [0.15, 0.2) is 36.6 Å². The Morgan fingerprint density at radius 2 is 2.18 bits per heavy atom. The van der Waals surface area contributed by atoms with Gasteiger partial charge in [-0.15, -0.1) is 0 Å². The first-order valence-corrected chi connectivity index (χ1v) is 5.71. The summed E-state index contributed by atoms with van der Waals surface area (Å²) in [6.07, 6.45) is 8.42. The molecular formula is C14H18O3. The predicted molar refractivity (Wildman–Crippen MR) is 66.2 cm³/mol. The van der Waals surface area contributed by atoms with Gasteiger partial charge in [0.25, 0.3) is 0 Å². The van der Waals surface area contributed by atoms with Gasteiger partial charge in [0, 0.05) is 18.9 Å². The zero-order chi connectivity index (χ0) is 12.9. The number of ketones is 1. The molecule has 0 aromatic carbocycles. The van der Waals surface area contributed by atoms with Gasteiger partial charge in [0.05, 0.1) is 5.41 Å². The molecule has 0 saturated heterocycles. The fourth-order valence-electron chi connectivity index (χ4n) is 1.47. The van der Waals surface area contributed by atoms with E-state index in [0.29, 0.717) is 18.6 Å². The Morgan fingerprint density at radius 3 is 2.76 bits per heavy atom. The second-order valence-electron chi connectivity index (χ2n) is 4.64. The van der Waals surface area contributed by atoms with Crippen LogP contribution >= 0.6 is 0 Å². The van der Waals surface area contributed by atoms with Crippen LogP contribution in [0.4, 0.5) is 0 Å². The minimum Gasteiger partial charge on any atom is -0.430 e. The highest BCUT2D eigenvalue weighted by atomic mass is 16.5. The van der Waals surface area contributed by atoms with Crippen LogP contribution in [-0.4, -0.2) is 11.8 Å². The number of allylic oxidation sites excluding steroid dienone is 4. The van der Waals surface area contributed by atoms with Crippen molar-refractivity contribution in [1.29, 1.82) is 0 Å². The maximum absolute atomic E-state index is 11.9. The molecule has 3 nitrogen and oxygen atoms in total. The lowest BCUT2D eigenvalue weighted by atomic mass is 9.93. The number of rotatable bonds is 4. The third kappa shape index (κ3) is 4.02. The standard InChI is InChI=1S/C14H18O3/c1-4-5-9-14(2,3)13(16)17-12-8-6-7-11(15)10-12/h4-5,9-10H,1,6-8H2,2-3H3/b9-5+. The Balaban J connectivity index is 2.68. The summed E-state index contributed by atoms with van der Waals surface area (Å²) in [5.74, 6) is 0.154. The van der Waals surface area contributed by atoms with Gasteiger partial charge in [0.1, 0.15) is 5.76 Å². The van der Waals surface area contributed by atoms with E-state index in [1.807, 2.05) is 0 Å². The lowest BCUT2D eigenvalue weighted by Crippen LogP contribution is -2.25. The van der Waals surface area contributed by atoms with Crippen LogP contribution in [0.25, 0.3) is 0 Å². The predicted octanol–water partition coefficient (Wildman–Crippen LogP) is 2.93. The van der Waals surface area contributed by atoms with Gasteiger partial charge in [0.2, 0.25) is 0 Å². The molecule has 17 heavy (non-hydrogen) atoms. The van der Waals surface area contributed by atoms with E-state index >= 15 is 0 Å². The van der Waals surface area contributed by atoms with Crippen LogP contribution in [-0.2, 0) is 14.3 Å². The summed E-state index contributed by atoms with van der Waals surface area (Å²) >= 11 is 0. The summed E-state index contributed by atoms with van der Waals surface area (Å²) in [5, 5.41) is 0. The van der Waals surface area contributed by atoms with Gasteiger partial charge in [-0.3, -0.25) is 9.59 Å². The fourth-order valence-corrected chi connectivity index (χ4v) is 1.47. The van der Waals surface area contributed by atoms with E-state index in [1.165, 1.54) is 6.08 Å². The Bertz CT molecular complexity index is 386. The number of carbonyl (C=O) groups excluding carboxylic acids is 2. The van der Waals surface area contributed by atoms with E-state index in [1.54, 1.807) is 32.1 Å². The molecule has 1 aliphatic rings. The molecule has 0 amide bonds. The van der Waals surface area contributed by atoms with Crippen molar-refractivity contribution in [3.05, 3.63) is 36.6 Å². The molecule has 0 spiro atoms. The molecule has 1 aliphatic carbocycles. The maximum Gasteiger partial charge on any atom is 0.320 e. The van der Waals surface area contributed by atoms with E-state index in [2.05, 4.69) is 6.58 Å². The van der Waals surface area contributed by atoms with Gasteiger partial charge in [-0.2, -0.15) is 0 Å². The molecular weight excluding hydrogens is 216 g/mol. The average Bonchev–Trinajstić information content (AvgIpc) is 2.26. The third-order valence-corrected chi connectivity index (χ3v) is 2.57. The summed E-state index contributed by atoms with van der Waals surface area (Å²) < 4.78 is 5.24. The summed E-state index contributed by atoms with van der Waals surface area (Å²) in [7, 11) is 0. The van der Waals surface area contributed by atoms with E-state index in [4.69, 9.17) is 4.74 Å². The number of esters is 1. The van der Waals surface area contributed by atoms with Crippen LogP contribution in [0.1, 0.15) is 33.1 Å². The highest BCUT2D eigenvalue weighted by Crippen LogP contribution is 2.24. The molecule has 0 radical (unpaired) electrons. The van der Waals surface area contributed by atoms with E-state index < -0.39 is 5.41 Å². The Labute approximate surface area is 102 Å². The molecule has 0 unspecified atom stereocenters. The lowest BCUT2D eigenvalue weighted by Gasteiger charge is -2.20. The van der Waals surface area contributed by atoms with Crippen molar-refractivity contribution >= 4 is 11.8 Å². The number of ether oxygens (including phenoxy) is 1. The van der Waals surface area contributed by atoms with Crippen molar-refractivity contribution < 1.29 is 14.3 Å². The summed E-state index contributed by atoms with van der Waals surface area (Å²) in [6.45, 7) is 7.08. The van der Waals surface area contributed by atoms with Crippen LogP contribution in [0, 0.1) is 5.41 Å². The molecule has 3 heteroatoms. The van der Waals surface area contributed by atoms with Crippen LogP contribution < -0.4 is 0 Å². The van der Waals surface area contributed by atoms with Crippen LogP contribution in [0.5, 0.6) is 0 Å². The van der Waals surface area contributed by atoms with E-state index in [-0.39, 0.29) is 11.8 Å². The fraction of sp³-hybridized carbons (Fsp3) is 0.429. The summed E-state index contributed by atoms with van der Waals surface area (Å²) in [6, 6.07) is 0. The molecule has 0 atom stereocenters. The van der Waals surface area contributed by atoms with Crippen molar-refractivity contribution in [2.75, 3.05) is 0 Å². The Morgan fingerprint density at radius 1 is 1.47 bits per heavy atom. The molecule has 0 saturated carbocycles. The van der Waals surface area contributed by atoms with Gasteiger partial charge < -0.3 is 4.74 Å². The molecule has 0 fully saturated rings. The zero-order valence-corrected chi connectivity index (χ0v) is 10.4. The van der Waals surface area contributed by atoms with Gasteiger partial charge in [-0.05, 0) is 20.3 Å². The molecule has 0 aromatic heterocycles. The minimum atomic E-state index is -0.713. The smallest absolute Gasteiger partial charge is 0.320 e. The van der Waals surface area contributed by atoms with E-state index in [9.17, 15) is 9.59 Å². The van der Waals surface area contributed by atoms with Gasteiger partial charge in [-0.25, -0.2) is 0 Å². The molecule has 0 bridgehead atoms. The normalized spacial score (nSPS) is 16.8. The Kier molecular flexibility index (Phi) is 4.44. The second-order valence-corrected chi connectivity index (χ2v) is 4.64. The van der Waals surface area contributed by atoms with Gasteiger partial charge in [0.15, 0.2) is 5.78 Å². The topological polar surface area (TPSA) is 43.4 Å². The van der Waals surface area contributed by atoms with Gasteiger partial charge in [-0.1, -0.05) is 24.8 Å². The van der Waals surface area contributed by atoms with Crippen LogP contribution in [0.3, 0.4) is 0 Å².